The van der Waals surface area contributed by atoms with E-state index in [1.807, 2.05) is 52.0 Å². The number of carboxylic acid groups (broad SMARTS) is 1. The minimum Gasteiger partial charge on any atom is -0.465 e. The molecular weight excluding hydrogens is 305 g/mol. The van der Waals surface area contributed by atoms with E-state index in [9.17, 15) is 9.90 Å². The van der Waals surface area contributed by atoms with Crippen molar-refractivity contribution in [1.82, 2.24) is 4.90 Å². The van der Waals surface area contributed by atoms with Crippen LogP contribution in [0, 0.1) is 0 Å². The van der Waals surface area contributed by atoms with Crippen LogP contribution in [-0.4, -0.2) is 41.5 Å². The molecule has 0 bridgehead atoms. The van der Waals surface area contributed by atoms with E-state index < -0.39 is 13.2 Å². The molecule has 3 rings (SSSR count). The number of benzene rings is 1. The van der Waals surface area contributed by atoms with Gasteiger partial charge in [-0.15, -0.1) is 0 Å². The van der Waals surface area contributed by atoms with Crippen molar-refractivity contribution >= 4 is 18.7 Å². The first kappa shape index (κ1) is 17.3. The van der Waals surface area contributed by atoms with Gasteiger partial charge in [0, 0.05) is 7.05 Å². The highest BCUT2D eigenvalue weighted by Gasteiger charge is 2.52. The van der Waals surface area contributed by atoms with Crippen molar-refractivity contribution in [2.75, 3.05) is 7.05 Å². The van der Waals surface area contributed by atoms with Gasteiger partial charge in [-0.25, -0.2) is 4.79 Å². The van der Waals surface area contributed by atoms with Crippen molar-refractivity contribution in [2.24, 2.45) is 0 Å². The molecule has 1 N–H and O–H groups in total. The largest absolute Gasteiger partial charge is 0.494 e. The molecular formula is C18H26BNO4. The van der Waals surface area contributed by atoms with Crippen LogP contribution in [0.5, 0.6) is 0 Å². The molecule has 1 aliphatic carbocycles. The molecule has 0 radical (unpaired) electrons. The Morgan fingerprint density at radius 3 is 1.96 bits per heavy atom. The van der Waals surface area contributed by atoms with Gasteiger partial charge in [0.1, 0.15) is 0 Å². The highest BCUT2D eigenvalue weighted by molar-refractivity contribution is 6.62. The lowest BCUT2D eigenvalue weighted by Gasteiger charge is -2.48. The van der Waals surface area contributed by atoms with Gasteiger partial charge in [0.05, 0.1) is 16.7 Å². The fraction of sp³-hybridized carbons (Fsp3) is 0.611. The monoisotopic (exact) mass is 331 g/mol. The van der Waals surface area contributed by atoms with Crippen LogP contribution < -0.4 is 5.46 Å². The third-order valence-corrected chi connectivity index (χ3v) is 6.08. The van der Waals surface area contributed by atoms with Gasteiger partial charge in [0.15, 0.2) is 0 Å². The van der Waals surface area contributed by atoms with E-state index in [1.165, 1.54) is 4.90 Å². The lowest BCUT2D eigenvalue weighted by molar-refractivity contribution is 0.00578. The minimum atomic E-state index is -0.885. The van der Waals surface area contributed by atoms with Crippen LogP contribution in [0.3, 0.4) is 0 Å². The van der Waals surface area contributed by atoms with E-state index in [1.54, 1.807) is 7.05 Å². The maximum atomic E-state index is 11.4. The summed E-state index contributed by atoms with van der Waals surface area (Å²) in [6, 6.07) is 8.01. The summed E-state index contributed by atoms with van der Waals surface area (Å²) in [5.41, 5.74) is 0.883. The molecule has 0 atom stereocenters. The summed E-state index contributed by atoms with van der Waals surface area (Å²) in [6.45, 7) is 8.14. The number of amides is 1. The molecule has 0 unspecified atom stereocenters. The zero-order valence-electron chi connectivity index (χ0n) is 15.1. The van der Waals surface area contributed by atoms with E-state index in [-0.39, 0.29) is 16.7 Å². The van der Waals surface area contributed by atoms with Gasteiger partial charge in [-0.3, -0.25) is 0 Å². The van der Waals surface area contributed by atoms with Crippen molar-refractivity contribution in [3.63, 3.8) is 0 Å². The smallest absolute Gasteiger partial charge is 0.465 e. The second-order valence-electron chi connectivity index (χ2n) is 7.94. The molecule has 130 valence electrons. The number of nitrogens with zero attached hydrogens (tertiary/aromatic N) is 1. The molecule has 1 heterocycles. The van der Waals surface area contributed by atoms with Gasteiger partial charge in [0.2, 0.25) is 0 Å². The van der Waals surface area contributed by atoms with Crippen molar-refractivity contribution in [3.05, 3.63) is 29.8 Å². The Labute approximate surface area is 144 Å². The molecule has 1 aliphatic heterocycles. The molecule has 6 heteroatoms. The van der Waals surface area contributed by atoms with Crippen LogP contribution in [0.2, 0.25) is 0 Å². The van der Waals surface area contributed by atoms with Gasteiger partial charge in [0.25, 0.3) is 0 Å². The third kappa shape index (κ3) is 2.52. The van der Waals surface area contributed by atoms with Crippen molar-refractivity contribution < 1.29 is 19.2 Å². The standard InChI is InChI=1S/C18H26BNO4/c1-16(2)17(3,4)24-19(23-16)14-9-7-13(8-10-14)18(11-6-12-18)20(5)15(21)22/h7-10H,6,11-12H2,1-5H3,(H,21,22). The Morgan fingerprint density at radius 2 is 1.58 bits per heavy atom. The Bertz CT molecular complexity index is 621. The summed E-state index contributed by atoms with van der Waals surface area (Å²) >= 11 is 0. The Balaban J connectivity index is 1.83. The Hall–Kier alpha value is -1.53. The Morgan fingerprint density at radius 1 is 1.08 bits per heavy atom. The first-order chi connectivity index (χ1) is 11.1. The fourth-order valence-electron chi connectivity index (χ4n) is 3.44. The van der Waals surface area contributed by atoms with Crippen LogP contribution >= 0.6 is 0 Å². The molecule has 0 spiro atoms. The molecule has 5 nitrogen and oxygen atoms in total. The van der Waals surface area contributed by atoms with Crippen LogP contribution in [0.1, 0.15) is 52.5 Å². The molecule has 1 saturated heterocycles. The quantitative estimate of drug-likeness (QED) is 0.865. The first-order valence-electron chi connectivity index (χ1n) is 8.52. The molecule has 0 aromatic heterocycles. The van der Waals surface area contributed by atoms with Gasteiger partial charge >= 0.3 is 13.2 Å². The minimum absolute atomic E-state index is 0.366. The second kappa shape index (κ2) is 5.50. The van der Waals surface area contributed by atoms with Crippen molar-refractivity contribution in [1.29, 1.82) is 0 Å². The van der Waals surface area contributed by atoms with Crippen LogP contribution in [0.25, 0.3) is 0 Å². The van der Waals surface area contributed by atoms with Gasteiger partial charge < -0.3 is 19.3 Å². The average molecular weight is 331 g/mol. The fourth-order valence-corrected chi connectivity index (χ4v) is 3.44. The van der Waals surface area contributed by atoms with Gasteiger partial charge in [-0.2, -0.15) is 0 Å². The predicted molar refractivity (Wildman–Crippen MR) is 93.5 cm³/mol. The summed E-state index contributed by atoms with van der Waals surface area (Å²) in [5.74, 6) is 0. The normalized spacial score (nSPS) is 23.6. The number of hydrogen-bond acceptors (Lipinski definition) is 3. The molecule has 1 saturated carbocycles. The van der Waals surface area contributed by atoms with Crippen LogP contribution in [0.15, 0.2) is 24.3 Å². The molecule has 1 aromatic rings. The average Bonchev–Trinajstić information content (AvgIpc) is 2.67. The van der Waals surface area contributed by atoms with Crippen molar-refractivity contribution in [3.8, 4) is 0 Å². The predicted octanol–water partition coefficient (Wildman–Crippen LogP) is 2.97. The lowest BCUT2D eigenvalue weighted by Crippen LogP contribution is -2.51. The van der Waals surface area contributed by atoms with Gasteiger partial charge in [-0.05, 0) is 58.0 Å². The zero-order chi connectivity index (χ0) is 17.8. The lowest BCUT2D eigenvalue weighted by atomic mass is 9.69. The van der Waals surface area contributed by atoms with E-state index in [2.05, 4.69) is 0 Å². The van der Waals surface area contributed by atoms with E-state index >= 15 is 0 Å². The first-order valence-corrected chi connectivity index (χ1v) is 8.52. The number of carbonyl (C=O) groups is 1. The molecule has 1 aromatic carbocycles. The maximum Gasteiger partial charge on any atom is 0.494 e. The highest BCUT2D eigenvalue weighted by atomic mass is 16.7. The number of rotatable bonds is 3. The SMILES string of the molecule is CN(C(=O)O)C1(c2ccc(B3OC(C)(C)C(C)(C)O3)cc2)CCC1. The molecule has 1 amide bonds. The Kier molecular flexibility index (Phi) is 3.96. The van der Waals surface area contributed by atoms with E-state index in [0.717, 1.165) is 30.3 Å². The topological polar surface area (TPSA) is 59.0 Å². The van der Waals surface area contributed by atoms with E-state index in [4.69, 9.17) is 9.31 Å². The number of hydrogen-bond donors (Lipinski definition) is 1. The summed E-state index contributed by atoms with van der Waals surface area (Å²) in [5, 5.41) is 9.37. The summed E-state index contributed by atoms with van der Waals surface area (Å²) < 4.78 is 12.1. The van der Waals surface area contributed by atoms with E-state index in [0.29, 0.717) is 0 Å². The second-order valence-corrected chi connectivity index (χ2v) is 7.94. The molecule has 2 fully saturated rings. The molecule has 2 aliphatic rings. The zero-order valence-corrected chi connectivity index (χ0v) is 15.1. The van der Waals surface area contributed by atoms with Crippen LogP contribution in [0.4, 0.5) is 4.79 Å². The molecule has 24 heavy (non-hydrogen) atoms. The summed E-state index contributed by atoms with van der Waals surface area (Å²) in [6.07, 6.45) is 1.90. The summed E-state index contributed by atoms with van der Waals surface area (Å²) in [7, 11) is 1.27. The summed E-state index contributed by atoms with van der Waals surface area (Å²) in [4.78, 5) is 12.9. The highest BCUT2D eigenvalue weighted by Crippen LogP contribution is 2.45. The maximum absolute atomic E-state index is 11.4. The van der Waals surface area contributed by atoms with Gasteiger partial charge in [-0.1, -0.05) is 24.3 Å². The third-order valence-electron chi connectivity index (χ3n) is 6.08. The van der Waals surface area contributed by atoms with Crippen molar-refractivity contribution in [2.45, 2.75) is 63.7 Å². The van der Waals surface area contributed by atoms with Crippen LogP contribution in [-0.2, 0) is 14.8 Å².